The molecule has 0 bridgehead atoms. The standard InChI is InChI=1S/C16H11N3O2S/c1-9-6-10(7-14(20)18-9)15(21)11(8-17)16-19-12-4-2-3-5-13(12)22-16/h2-7,11H,1H3,(H,18,20). The zero-order valence-electron chi connectivity index (χ0n) is 11.7. The van der Waals surface area contributed by atoms with Gasteiger partial charge in [-0.25, -0.2) is 4.98 Å². The maximum Gasteiger partial charge on any atom is 0.248 e. The number of aryl methyl sites for hydroxylation is 1. The van der Waals surface area contributed by atoms with Crippen molar-refractivity contribution in [2.45, 2.75) is 12.8 Å². The summed E-state index contributed by atoms with van der Waals surface area (Å²) in [5.74, 6) is -1.41. The van der Waals surface area contributed by atoms with E-state index in [1.54, 1.807) is 13.0 Å². The molecule has 0 amide bonds. The van der Waals surface area contributed by atoms with Crippen LogP contribution in [0.3, 0.4) is 0 Å². The average molecular weight is 309 g/mol. The number of rotatable bonds is 3. The lowest BCUT2D eigenvalue weighted by Crippen LogP contribution is -2.16. The molecule has 0 saturated heterocycles. The lowest BCUT2D eigenvalue weighted by Gasteiger charge is -2.05. The largest absolute Gasteiger partial charge is 0.326 e. The molecular weight excluding hydrogens is 298 g/mol. The first-order chi connectivity index (χ1) is 10.6. The van der Waals surface area contributed by atoms with Crippen molar-refractivity contribution >= 4 is 27.3 Å². The average Bonchev–Trinajstić information content (AvgIpc) is 2.90. The summed E-state index contributed by atoms with van der Waals surface area (Å²) in [6.45, 7) is 1.69. The Morgan fingerprint density at radius 3 is 2.82 bits per heavy atom. The number of aromatic nitrogens is 2. The summed E-state index contributed by atoms with van der Waals surface area (Å²) in [5, 5.41) is 9.84. The number of aromatic amines is 1. The highest BCUT2D eigenvalue weighted by Gasteiger charge is 2.25. The van der Waals surface area contributed by atoms with E-state index in [0.717, 1.165) is 10.2 Å². The van der Waals surface area contributed by atoms with Gasteiger partial charge in [0.05, 0.1) is 16.3 Å². The first-order valence-electron chi connectivity index (χ1n) is 6.59. The van der Waals surface area contributed by atoms with E-state index in [-0.39, 0.29) is 11.1 Å². The van der Waals surface area contributed by atoms with E-state index in [1.165, 1.54) is 17.4 Å². The number of hydrogen-bond acceptors (Lipinski definition) is 5. The number of carbonyl (C=O) groups excluding carboxylic acids is 1. The van der Waals surface area contributed by atoms with Crippen LogP contribution in [0.15, 0.2) is 41.2 Å². The molecule has 3 aromatic rings. The molecule has 0 aliphatic rings. The van der Waals surface area contributed by atoms with Gasteiger partial charge in [0.2, 0.25) is 5.56 Å². The number of fused-ring (bicyclic) bond motifs is 1. The summed E-state index contributed by atoms with van der Waals surface area (Å²) < 4.78 is 0.924. The lowest BCUT2D eigenvalue weighted by atomic mass is 10.00. The van der Waals surface area contributed by atoms with Gasteiger partial charge in [-0.3, -0.25) is 9.59 Å². The third kappa shape index (κ3) is 2.54. The number of H-pyrrole nitrogens is 1. The summed E-state index contributed by atoms with van der Waals surface area (Å²) in [6, 6.07) is 12.3. The van der Waals surface area contributed by atoms with Crippen molar-refractivity contribution in [1.29, 1.82) is 5.26 Å². The van der Waals surface area contributed by atoms with Gasteiger partial charge in [-0.15, -0.1) is 11.3 Å². The van der Waals surface area contributed by atoms with Crippen LogP contribution in [0.25, 0.3) is 10.2 Å². The number of benzene rings is 1. The maximum absolute atomic E-state index is 12.5. The van der Waals surface area contributed by atoms with Crippen LogP contribution >= 0.6 is 11.3 Å². The van der Waals surface area contributed by atoms with Crippen LogP contribution in [-0.2, 0) is 0 Å². The van der Waals surface area contributed by atoms with Crippen molar-refractivity contribution in [3.05, 3.63) is 63.0 Å². The van der Waals surface area contributed by atoms with Gasteiger partial charge in [0.15, 0.2) is 11.7 Å². The molecule has 6 heteroatoms. The molecule has 3 rings (SSSR count). The predicted octanol–water partition coefficient (Wildman–Crippen LogP) is 2.78. The fourth-order valence-corrected chi connectivity index (χ4v) is 3.24. The molecule has 1 atom stereocenters. The predicted molar refractivity (Wildman–Crippen MR) is 84.1 cm³/mol. The van der Waals surface area contributed by atoms with Gasteiger partial charge in [0, 0.05) is 17.3 Å². The fraction of sp³-hybridized carbons (Fsp3) is 0.125. The molecule has 5 nitrogen and oxygen atoms in total. The third-order valence-corrected chi connectivity index (χ3v) is 4.31. The number of ketones is 1. The molecule has 2 aromatic heterocycles. The molecule has 1 N–H and O–H groups in total. The molecule has 0 aliphatic heterocycles. The normalized spacial score (nSPS) is 12.0. The van der Waals surface area contributed by atoms with Crippen molar-refractivity contribution in [3.8, 4) is 6.07 Å². The summed E-state index contributed by atoms with van der Waals surface area (Å²) in [4.78, 5) is 31.0. The number of hydrogen-bond donors (Lipinski definition) is 1. The van der Waals surface area contributed by atoms with Crippen molar-refractivity contribution in [1.82, 2.24) is 9.97 Å². The van der Waals surface area contributed by atoms with Gasteiger partial charge in [-0.1, -0.05) is 12.1 Å². The summed E-state index contributed by atoms with van der Waals surface area (Å²) in [5.41, 5.74) is 1.21. The fourth-order valence-electron chi connectivity index (χ4n) is 2.23. The number of nitriles is 1. The van der Waals surface area contributed by atoms with Crippen molar-refractivity contribution in [3.63, 3.8) is 0 Å². The minimum absolute atomic E-state index is 0.229. The van der Waals surface area contributed by atoms with Crippen LogP contribution in [0.4, 0.5) is 0 Å². The smallest absolute Gasteiger partial charge is 0.248 e. The number of nitrogens with zero attached hydrogens (tertiary/aromatic N) is 2. The summed E-state index contributed by atoms with van der Waals surface area (Å²) in [7, 11) is 0. The minimum Gasteiger partial charge on any atom is -0.326 e. The number of para-hydroxylation sites is 1. The molecule has 22 heavy (non-hydrogen) atoms. The Bertz CT molecular complexity index is 932. The second kappa shape index (κ2) is 5.54. The first-order valence-corrected chi connectivity index (χ1v) is 7.40. The Hall–Kier alpha value is -2.78. The molecule has 0 saturated carbocycles. The number of pyridine rings is 1. The van der Waals surface area contributed by atoms with Crippen LogP contribution in [0, 0.1) is 18.3 Å². The molecule has 0 spiro atoms. The zero-order chi connectivity index (χ0) is 15.7. The Kier molecular flexibility index (Phi) is 3.57. The van der Waals surface area contributed by atoms with Crippen LogP contribution < -0.4 is 5.56 Å². The Balaban J connectivity index is 2.05. The van der Waals surface area contributed by atoms with E-state index < -0.39 is 11.7 Å². The van der Waals surface area contributed by atoms with E-state index in [4.69, 9.17) is 0 Å². The van der Waals surface area contributed by atoms with E-state index in [2.05, 4.69) is 9.97 Å². The van der Waals surface area contributed by atoms with Gasteiger partial charge >= 0.3 is 0 Å². The van der Waals surface area contributed by atoms with Crippen molar-refractivity contribution in [2.75, 3.05) is 0 Å². The number of carbonyl (C=O) groups is 1. The quantitative estimate of drug-likeness (QED) is 0.754. The Labute approximate surface area is 129 Å². The maximum atomic E-state index is 12.5. The van der Waals surface area contributed by atoms with Crippen molar-refractivity contribution < 1.29 is 4.79 Å². The highest BCUT2D eigenvalue weighted by Crippen LogP contribution is 2.29. The Morgan fingerprint density at radius 2 is 2.14 bits per heavy atom. The number of Topliss-reactive ketones (excluding diaryl/α,β-unsaturated/α-hetero) is 1. The highest BCUT2D eigenvalue weighted by atomic mass is 32.1. The number of thiazole rings is 1. The van der Waals surface area contributed by atoms with Crippen LogP contribution in [-0.4, -0.2) is 15.8 Å². The monoisotopic (exact) mass is 309 g/mol. The van der Waals surface area contributed by atoms with Crippen molar-refractivity contribution in [2.24, 2.45) is 0 Å². The van der Waals surface area contributed by atoms with E-state index in [0.29, 0.717) is 10.7 Å². The van der Waals surface area contributed by atoms with E-state index in [9.17, 15) is 14.9 Å². The molecule has 2 heterocycles. The van der Waals surface area contributed by atoms with Gasteiger partial charge < -0.3 is 4.98 Å². The lowest BCUT2D eigenvalue weighted by molar-refractivity contribution is 0.0978. The van der Waals surface area contributed by atoms with E-state index >= 15 is 0 Å². The minimum atomic E-state index is -1.00. The van der Waals surface area contributed by atoms with Crippen LogP contribution in [0.5, 0.6) is 0 Å². The third-order valence-electron chi connectivity index (χ3n) is 3.21. The zero-order valence-corrected chi connectivity index (χ0v) is 12.5. The van der Waals surface area contributed by atoms with E-state index in [1.807, 2.05) is 30.3 Å². The molecule has 0 fully saturated rings. The molecule has 108 valence electrons. The second-order valence-corrected chi connectivity index (χ2v) is 5.92. The summed E-state index contributed by atoms with van der Waals surface area (Å²) >= 11 is 1.32. The molecule has 0 radical (unpaired) electrons. The topological polar surface area (TPSA) is 86.6 Å². The Morgan fingerprint density at radius 1 is 1.36 bits per heavy atom. The van der Waals surface area contributed by atoms with Gasteiger partial charge in [-0.2, -0.15) is 5.26 Å². The molecule has 0 aliphatic carbocycles. The SMILES string of the molecule is Cc1cc(C(=O)C(C#N)c2nc3ccccc3s2)cc(=O)[nH]1. The molecular formula is C16H11N3O2S. The highest BCUT2D eigenvalue weighted by molar-refractivity contribution is 7.18. The first kappa shape index (κ1) is 14.2. The molecule has 1 aromatic carbocycles. The van der Waals surface area contributed by atoms with Crippen LogP contribution in [0.2, 0.25) is 0 Å². The van der Waals surface area contributed by atoms with Crippen LogP contribution in [0.1, 0.15) is 27.0 Å². The molecule has 1 unspecified atom stereocenters. The van der Waals surface area contributed by atoms with Gasteiger partial charge in [0.25, 0.3) is 0 Å². The summed E-state index contributed by atoms with van der Waals surface area (Å²) in [6.07, 6.45) is 0. The second-order valence-electron chi connectivity index (χ2n) is 4.86. The van der Waals surface area contributed by atoms with Gasteiger partial charge in [0.1, 0.15) is 5.01 Å². The number of nitrogens with one attached hydrogen (secondary N) is 1. The van der Waals surface area contributed by atoms with Gasteiger partial charge in [-0.05, 0) is 25.1 Å².